The van der Waals surface area contributed by atoms with E-state index in [4.69, 9.17) is 14.0 Å². The summed E-state index contributed by atoms with van der Waals surface area (Å²) in [6.45, 7) is 5.47. The second-order valence-electron chi connectivity index (χ2n) is 6.88. The van der Waals surface area contributed by atoms with Crippen molar-refractivity contribution < 1.29 is 18.8 Å². The van der Waals surface area contributed by atoms with Crippen LogP contribution in [-0.4, -0.2) is 24.4 Å². The van der Waals surface area contributed by atoms with Crippen molar-refractivity contribution in [1.29, 1.82) is 0 Å². The van der Waals surface area contributed by atoms with Crippen LogP contribution >= 0.6 is 15.9 Å². The number of rotatable bonds is 3. The average molecular weight is 406 g/mol. The van der Waals surface area contributed by atoms with E-state index in [0.717, 1.165) is 34.2 Å². The van der Waals surface area contributed by atoms with Gasteiger partial charge in [0, 0.05) is 17.2 Å². The standard InChI is InChI=1S/C19H20BrNO4/c1-19(2,3)25-18(22)16-10-14(20)17(24-16)12-5-7-13-11(9-12)6-8-15(13)21-23-4/h5,7,9-10H,6,8H2,1-4H3. The van der Waals surface area contributed by atoms with E-state index < -0.39 is 11.6 Å². The summed E-state index contributed by atoms with van der Waals surface area (Å²) in [6.07, 6.45) is 1.76. The average Bonchev–Trinajstić information content (AvgIpc) is 3.10. The third kappa shape index (κ3) is 3.79. The number of nitrogens with zero attached hydrogens (tertiary/aromatic N) is 1. The molecule has 6 heteroatoms. The second-order valence-corrected chi connectivity index (χ2v) is 7.74. The van der Waals surface area contributed by atoms with E-state index in [9.17, 15) is 4.79 Å². The zero-order chi connectivity index (χ0) is 18.2. The molecule has 0 amide bonds. The summed E-state index contributed by atoms with van der Waals surface area (Å²) in [7, 11) is 1.55. The Morgan fingerprint density at radius 1 is 1.24 bits per heavy atom. The van der Waals surface area contributed by atoms with Crippen molar-refractivity contribution in [3.8, 4) is 11.3 Å². The van der Waals surface area contributed by atoms with Crippen LogP contribution in [0, 0.1) is 0 Å². The first-order chi connectivity index (χ1) is 11.8. The van der Waals surface area contributed by atoms with E-state index in [1.807, 2.05) is 32.9 Å². The molecule has 132 valence electrons. The van der Waals surface area contributed by atoms with E-state index in [0.29, 0.717) is 5.76 Å². The van der Waals surface area contributed by atoms with Gasteiger partial charge in [-0.15, -0.1) is 0 Å². The van der Waals surface area contributed by atoms with Gasteiger partial charge in [0.15, 0.2) is 0 Å². The molecule has 0 N–H and O–H groups in total. The Bertz CT molecular complexity index is 846. The summed E-state index contributed by atoms with van der Waals surface area (Å²) in [5, 5.41) is 4.07. The van der Waals surface area contributed by atoms with E-state index in [2.05, 4.69) is 27.2 Å². The van der Waals surface area contributed by atoms with Gasteiger partial charge in [-0.1, -0.05) is 17.3 Å². The largest absolute Gasteiger partial charge is 0.454 e. The fourth-order valence-corrected chi connectivity index (χ4v) is 3.33. The molecule has 1 heterocycles. The monoisotopic (exact) mass is 405 g/mol. The molecule has 1 aromatic heterocycles. The molecule has 0 radical (unpaired) electrons. The summed E-state index contributed by atoms with van der Waals surface area (Å²) in [5.41, 5.74) is 3.58. The molecule has 3 rings (SSSR count). The molecule has 0 atom stereocenters. The minimum Gasteiger partial charge on any atom is -0.454 e. The lowest BCUT2D eigenvalue weighted by Crippen LogP contribution is -2.23. The Kier molecular flexibility index (Phi) is 4.73. The third-order valence-electron chi connectivity index (χ3n) is 3.80. The minimum atomic E-state index is -0.568. The van der Waals surface area contributed by atoms with Gasteiger partial charge in [-0.3, -0.25) is 0 Å². The first-order valence-corrected chi connectivity index (χ1v) is 8.84. The highest BCUT2D eigenvalue weighted by molar-refractivity contribution is 9.10. The van der Waals surface area contributed by atoms with Gasteiger partial charge in [0.05, 0.1) is 10.2 Å². The van der Waals surface area contributed by atoms with Gasteiger partial charge in [0.1, 0.15) is 18.5 Å². The van der Waals surface area contributed by atoms with Crippen molar-refractivity contribution in [2.45, 2.75) is 39.2 Å². The zero-order valence-electron chi connectivity index (χ0n) is 14.7. The molecular weight excluding hydrogens is 386 g/mol. The van der Waals surface area contributed by atoms with Crippen LogP contribution < -0.4 is 0 Å². The molecule has 25 heavy (non-hydrogen) atoms. The van der Waals surface area contributed by atoms with Gasteiger partial charge >= 0.3 is 5.97 Å². The topological polar surface area (TPSA) is 61.0 Å². The Hall–Kier alpha value is -2.08. The maximum absolute atomic E-state index is 12.2. The zero-order valence-corrected chi connectivity index (χ0v) is 16.3. The molecule has 0 saturated heterocycles. The van der Waals surface area contributed by atoms with E-state index in [-0.39, 0.29) is 5.76 Å². The van der Waals surface area contributed by atoms with E-state index in [1.165, 1.54) is 5.56 Å². The molecule has 5 nitrogen and oxygen atoms in total. The Morgan fingerprint density at radius 3 is 2.68 bits per heavy atom. The highest BCUT2D eigenvalue weighted by Gasteiger charge is 2.24. The molecule has 2 aromatic rings. The fraction of sp³-hybridized carbons (Fsp3) is 0.368. The van der Waals surface area contributed by atoms with Crippen LogP contribution in [0.5, 0.6) is 0 Å². The first-order valence-electron chi connectivity index (χ1n) is 8.05. The number of hydrogen-bond acceptors (Lipinski definition) is 5. The number of halogens is 1. The quantitative estimate of drug-likeness (QED) is 0.534. The van der Waals surface area contributed by atoms with Gasteiger partial charge in [0.2, 0.25) is 5.76 Å². The molecule has 1 aromatic carbocycles. The Labute approximate surface area is 155 Å². The highest BCUT2D eigenvalue weighted by atomic mass is 79.9. The van der Waals surface area contributed by atoms with Crippen molar-refractivity contribution in [3.05, 3.63) is 45.6 Å². The predicted molar refractivity (Wildman–Crippen MR) is 98.9 cm³/mol. The number of furan rings is 1. The van der Waals surface area contributed by atoms with Crippen molar-refractivity contribution in [2.75, 3.05) is 7.11 Å². The number of ether oxygens (including phenoxy) is 1. The minimum absolute atomic E-state index is 0.180. The molecular formula is C19H20BrNO4. The fourth-order valence-electron chi connectivity index (χ4n) is 2.81. The third-order valence-corrected chi connectivity index (χ3v) is 4.39. The number of carbonyl (C=O) groups excluding carboxylic acids is 1. The molecule has 0 spiro atoms. The lowest BCUT2D eigenvalue weighted by Gasteiger charge is -2.18. The van der Waals surface area contributed by atoms with Gasteiger partial charge in [-0.2, -0.15) is 0 Å². The predicted octanol–water partition coefficient (Wildman–Crippen LogP) is 4.96. The van der Waals surface area contributed by atoms with Crippen LogP contribution in [-0.2, 0) is 16.0 Å². The van der Waals surface area contributed by atoms with Crippen molar-refractivity contribution in [3.63, 3.8) is 0 Å². The van der Waals surface area contributed by atoms with Crippen LogP contribution in [0.15, 0.2) is 38.3 Å². The number of aryl methyl sites for hydroxylation is 1. The molecule has 1 aliphatic carbocycles. The second kappa shape index (κ2) is 6.67. The summed E-state index contributed by atoms with van der Waals surface area (Å²) in [5.74, 6) is 0.315. The Balaban J connectivity index is 1.91. The maximum atomic E-state index is 12.2. The summed E-state index contributed by atoms with van der Waals surface area (Å²) in [6, 6.07) is 7.68. The number of carbonyl (C=O) groups is 1. The van der Waals surface area contributed by atoms with Crippen molar-refractivity contribution in [2.24, 2.45) is 5.16 Å². The lowest BCUT2D eigenvalue weighted by molar-refractivity contribution is 0.00368. The smallest absolute Gasteiger partial charge is 0.374 e. The highest BCUT2D eigenvalue weighted by Crippen LogP contribution is 2.35. The summed E-state index contributed by atoms with van der Waals surface area (Å²) < 4.78 is 11.8. The van der Waals surface area contributed by atoms with Crippen LogP contribution in [0.3, 0.4) is 0 Å². The van der Waals surface area contributed by atoms with Gasteiger partial charge in [0.25, 0.3) is 0 Å². The van der Waals surface area contributed by atoms with Crippen molar-refractivity contribution in [1.82, 2.24) is 0 Å². The molecule has 0 unspecified atom stereocenters. The van der Waals surface area contributed by atoms with Gasteiger partial charge < -0.3 is 14.0 Å². The number of oxime groups is 1. The first kappa shape index (κ1) is 17.7. The van der Waals surface area contributed by atoms with Crippen LogP contribution in [0.2, 0.25) is 0 Å². The van der Waals surface area contributed by atoms with Crippen LogP contribution in [0.25, 0.3) is 11.3 Å². The SMILES string of the molecule is CON=C1CCc2cc(-c3oc(C(=O)OC(C)(C)C)cc3Br)ccc21. The van der Waals surface area contributed by atoms with Gasteiger partial charge in [-0.05, 0) is 61.2 Å². The summed E-state index contributed by atoms with van der Waals surface area (Å²) in [4.78, 5) is 17.1. The molecule has 0 saturated carbocycles. The maximum Gasteiger partial charge on any atom is 0.374 e. The summed E-state index contributed by atoms with van der Waals surface area (Å²) >= 11 is 3.47. The Morgan fingerprint density at radius 2 is 2.00 bits per heavy atom. The van der Waals surface area contributed by atoms with Crippen LogP contribution in [0.1, 0.15) is 48.9 Å². The van der Waals surface area contributed by atoms with E-state index >= 15 is 0 Å². The van der Waals surface area contributed by atoms with Crippen LogP contribution in [0.4, 0.5) is 0 Å². The number of benzene rings is 1. The molecule has 1 aliphatic rings. The number of fused-ring (bicyclic) bond motifs is 1. The van der Waals surface area contributed by atoms with E-state index in [1.54, 1.807) is 13.2 Å². The number of esters is 1. The normalized spacial score (nSPS) is 15.3. The molecule has 0 aliphatic heterocycles. The molecule has 0 fully saturated rings. The van der Waals surface area contributed by atoms with Gasteiger partial charge in [-0.25, -0.2) is 4.79 Å². The van der Waals surface area contributed by atoms with Crippen molar-refractivity contribution >= 4 is 27.6 Å². The molecule has 0 bridgehead atoms. The number of hydrogen-bond donors (Lipinski definition) is 0. The lowest BCUT2D eigenvalue weighted by atomic mass is 10.0.